The first-order valence-corrected chi connectivity index (χ1v) is 8.55. The SMILES string of the molecule is COC(=O)c1ccccc1C(=O)OC(C)C(=O)c1ccc2c(c1)CCC2. The third-order valence-corrected chi connectivity index (χ3v) is 4.59. The molecule has 26 heavy (non-hydrogen) atoms. The molecule has 2 aromatic carbocycles. The molecule has 1 aliphatic carbocycles. The predicted octanol–water partition coefficient (Wildman–Crippen LogP) is 3.39. The maximum absolute atomic E-state index is 12.6. The highest BCUT2D eigenvalue weighted by molar-refractivity contribution is 6.05. The van der Waals surface area contributed by atoms with Crippen molar-refractivity contribution in [3.05, 3.63) is 70.3 Å². The monoisotopic (exact) mass is 352 g/mol. The molecule has 0 saturated heterocycles. The largest absolute Gasteiger partial charge is 0.465 e. The average Bonchev–Trinajstić information content (AvgIpc) is 3.14. The van der Waals surface area contributed by atoms with E-state index >= 15 is 0 Å². The van der Waals surface area contributed by atoms with Crippen molar-refractivity contribution in [3.8, 4) is 0 Å². The van der Waals surface area contributed by atoms with Gasteiger partial charge in [0.1, 0.15) is 0 Å². The second kappa shape index (κ2) is 7.52. The number of hydrogen-bond donors (Lipinski definition) is 0. The quantitative estimate of drug-likeness (QED) is 0.609. The summed E-state index contributed by atoms with van der Waals surface area (Å²) in [4.78, 5) is 36.8. The van der Waals surface area contributed by atoms with Gasteiger partial charge in [-0.05, 0) is 55.5 Å². The molecule has 0 amide bonds. The van der Waals surface area contributed by atoms with Gasteiger partial charge < -0.3 is 9.47 Å². The van der Waals surface area contributed by atoms with Crippen LogP contribution >= 0.6 is 0 Å². The Hall–Kier alpha value is -2.95. The smallest absolute Gasteiger partial charge is 0.339 e. The molecule has 1 unspecified atom stereocenters. The molecule has 0 heterocycles. The van der Waals surface area contributed by atoms with Gasteiger partial charge in [0.2, 0.25) is 5.78 Å². The second-order valence-corrected chi connectivity index (χ2v) is 6.29. The van der Waals surface area contributed by atoms with E-state index in [9.17, 15) is 14.4 Å². The topological polar surface area (TPSA) is 69.7 Å². The van der Waals surface area contributed by atoms with Crippen LogP contribution in [0, 0.1) is 0 Å². The first-order chi connectivity index (χ1) is 12.5. The number of benzene rings is 2. The Labute approximate surface area is 151 Å². The van der Waals surface area contributed by atoms with Gasteiger partial charge >= 0.3 is 11.9 Å². The van der Waals surface area contributed by atoms with Crippen molar-refractivity contribution in [2.45, 2.75) is 32.3 Å². The van der Waals surface area contributed by atoms with Crippen LogP contribution in [0.3, 0.4) is 0 Å². The van der Waals surface area contributed by atoms with E-state index in [4.69, 9.17) is 4.74 Å². The Morgan fingerprint density at radius 1 is 0.923 bits per heavy atom. The lowest BCUT2D eigenvalue weighted by molar-refractivity contribution is 0.0313. The van der Waals surface area contributed by atoms with Crippen molar-refractivity contribution in [2.75, 3.05) is 7.11 Å². The van der Waals surface area contributed by atoms with Crippen molar-refractivity contribution in [1.29, 1.82) is 0 Å². The van der Waals surface area contributed by atoms with Gasteiger partial charge in [-0.3, -0.25) is 4.79 Å². The highest BCUT2D eigenvalue weighted by Gasteiger charge is 2.24. The van der Waals surface area contributed by atoms with Crippen molar-refractivity contribution < 1.29 is 23.9 Å². The summed E-state index contributed by atoms with van der Waals surface area (Å²) < 4.78 is 9.99. The van der Waals surface area contributed by atoms with Gasteiger partial charge in [0.25, 0.3) is 0 Å². The number of hydrogen-bond acceptors (Lipinski definition) is 5. The summed E-state index contributed by atoms with van der Waals surface area (Å²) in [5.41, 5.74) is 3.18. The Morgan fingerprint density at radius 3 is 2.27 bits per heavy atom. The molecular formula is C21H20O5. The third kappa shape index (κ3) is 3.52. The fourth-order valence-electron chi connectivity index (χ4n) is 3.19. The first-order valence-electron chi connectivity index (χ1n) is 8.55. The predicted molar refractivity (Wildman–Crippen MR) is 95.5 cm³/mol. The van der Waals surface area contributed by atoms with Crippen LogP contribution in [-0.2, 0) is 22.3 Å². The Morgan fingerprint density at radius 2 is 1.58 bits per heavy atom. The molecule has 0 spiro atoms. The van der Waals surface area contributed by atoms with E-state index < -0.39 is 18.0 Å². The minimum atomic E-state index is -0.951. The number of methoxy groups -OCH3 is 1. The van der Waals surface area contributed by atoms with Crippen LogP contribution in [0.15, 0.2) is 42.5 Å². The van der Waals surface area contributed by atoms with E-state index in [0.717, 1.165) is 19.3 Å². The van der Waals surface area contributed by atoms with Crippen molar-refractivity contribution >= 4 is 17.7 Å². The van der Waals surface area contributed by atoms with E-state index in [1.165, 1.54) is 37.3 Å². The zero-order valence-corrected chi connectivity index (χ0v) is 14.8. The number of ketones is 1. The summed E-state index contributed by atoms with van der Waals surface area (Å²) in [7, 11) is 1.24. The number of ether oxygens (including phenoxy) is 2. The maximum Gasteiger partial charge on any atom is 0.339 e. The van der Waals surface area contributed by atoms with Crippen LogP contribution < -0.4 is 0 Å². The highest BCUT2D eigenvalue weighted by Crippen LogP contribution is 2.24. The molecule has 134 valence electrons. The number of fused-ring (bicyclic) bond motifs is 1. The van der Waals surface area contributed by atoms with Crippen molar-refractivity contribution in [2.24, 2.45) is 0 Å². The average molecular weight is 352 g/mol. The van der Waals surface area contributed by atoms with E-state index in [1.54, 1.807) is 18.2 Å². The summed E-state index contributed by atoms with van der Waals surface area (Å²) in [6.45, 7) is 1.54. The first kappa shape index (κ1) is 17.9. The number of esters is 2. The van der Waals surface area contributed by atoms with Crippen LogP contribution in [0.5, 0.6) is 0 Å². The molecule has 0 radical (unpaired) electrons. The third-order valence-electron chi connectivity index (χ3n) is 4.59. The molecule has 0 fully saturated rings. The van der Waals surface area contributed by atoms with Gasteiger partial charge in [0.15, 0.2) is 6.10 Å². The summed E-state index contributed by atoms with van der Waals surface area (Å²) in [6.07, 6.45) is 2.16. The summed E-state index contributed by atoms with van der Waals surface area (Å²) in [6, 6.07) is 11.8. The molecular weight excluding hydrogens is 332 g/mol. The molecule has 0 N–H and O–H groups in total. The number of aryl methyl sites for hydroxylation is 2. The minimum absolute atomic E-state index is 0.0768. The number of carbonyl (C=O) groups is 3. The molecule has 0 saturated carbocycles. The Bertz CT molecular complexity index is 868. The van der Waals surface area contributed by atoms with Gasteiger partial charge in [-0.25, -0.2) is 9.59 Å². The Kier molecular flexibility index (Phi) is 5.16. The molecule has 1 aliphatic rings. The maximum atomic E-state index is 12.6. The van der Waals surface area contributed by atoms with Crippen LogP contribution in [0.2, 0.25) is 0 Å². The number of rotatable bonds is 5. The molecule has 3 rings (SSSR count). The van der Waals surface area contributed by atoms with Crippen LogP contribution in [0.1, 0.15) is 55.5 Å². The Balaban J connectivity index is 1.75. The molecule has 2 aromatic rings. The normalized spacial score (nSPS) is 13.6. The molecule has 0 aromatic heterocycles. The van der Waals surface area contributed by atoms with Crippen LogP contribution in [0.25, 0.3) is 0 Å². The fraction of sp³-hybridized carbons (Fsp3) is 0.286. The minimum Gasteiger partial charge on any atom is -0.465 e. The summed E-state index contributed by atoms with van der Waals surface area (Å²) in [5, 5.41) is 0. The van der Waals surface area contributed by atoms with Gasteiger partial charge in [-0.15, -0.1) is 0 Å². The van der Waals surface area contributed by atoms with Gasteiger partial charge in [0, 0.05) is 5.56 Å². The van der Waals surface area contributed by atoms with Crippen LogP contribution in [-0.4, -0.2) is 30.9 Å². The zero-order valence-electron chi connectivity index (χ0n) is 14.8. The van der Waals surface area contributed by atoms with Crippen molar-refractivity contribution in [3.63, 3.8) is 0 Å². The van der Waals surface area contributed by atoms with Gasteiger partial charge in [-0.2, -0.15) is 0 Å². The zero-order chi connectivity index (χ0) is 18.7. The fourth-order valence-corrected chi connectivity index (χ4v) is 3.19. The lowest BCUT2D eigenvalue weighted by Crippen LogP contribution is -2.25. The molecule has 0 bridgehead atoms. The summed E-state index contributed by atoms with van der Waals surface area (Å²) >= 11 is 0. The standard InChI is InChI=1S/C21H20O5/c1-13(19(22)16-11-10-14-6-5-7-15(14)12-16)26-21(24)18-9-4-3-8-17(18)20(23)25-2/h3-4,8-13H,5-7H2,1-2H3. The highest BCUT2D eigenvalue weighted by atomic mass is 16.5. The van der Waals surface area contributed by atoms with Crippen LogP contribution in [0.4, 0.5) is 0 Å². The molecule has 5 heteroatoms. The number of carbonyl (C=O) groups excluding carboxylic acids is 3. The van der Waals surface area contributed by atoms with E-state index in [1.807, 2.05) is 12.1 Å². The second-order valence-electron chi connectivity index (χ2n) is 6.29. The van der Waals surface area contributed by atoms with E-state index in [2.05, 4.69) is 4.74 Å². The van der Waals surface area contributed by atoms with E-state index in [0.29, 0.717) is 5.56 Å². The van der Waals surface area contributed by atoms with Crippen molar-refractivity contribution in [1.82, 2.24) is 0 Å². The molecule has 0 aliphatic heterocycles. The lowest BCUT2D eigenvalue weighted by atomic mass is 10.0. The van der Waals surface area contributed by atoms with Gasteiger partial charge in [-0.1, -0.05) is 24.3 Å². The molecule has 5 nitrogen and oxygen atoms in total. The summed E-state index contributed by atoms with van der Waals surface area (Å²) in [5.74, 6) is -1.62. The van der Waals surface area contributed by atoms with Gasteiger partial charge in [0.05, 0.1) is 18.2 Å². The molecule has 1 atom stereocenters. The number of Topliss-reactive ketones (excluding diaryl/α,β-unsaturated/α-hetero) is 1. The lowest BCUT2D eigenvalue weighted by Gasteiger charge is -2.14. The van der Waals surface area contributed by atoms with E-state index in [-0.39, 0.29) is 16.9 Å².